The summed E-state index contributed by atoms with van der Waals surface area (Å²) in [6.45, 7) is 2.32. The molecule has 2 aliphatic heterocycles. The average Bonchev–Trinajstić information content (AvgIpc) is 2.99. The summed E-state index contributed by atoms with van der Waals surface area (Å²) < 4.78 is 40.5. The number of amides is 2. The Morgan fingerprint density at radius 3 is 2.82 bits per heavy atom. The third-order valence-electron chi connectivity index (χ3n) is 3.68. The van der Waals surface area contributed by atoms with Crippen molar-refractivity contribution in [2.45, 2.75) is 31.3 Å². The highest BCUT2D eigenvalue weighted by atomic mass is 32.3. The summed E-state index contributed by atoms with van der Waals surface area (Å²) in [6, 6.07) is -1.71. The van der Waals surface area contributed by atoms with E-state index in [1.54, 1.807) is 6.92 Å². The molecule has 2 fully saturated rings. The van der Waals surface area contributed by atoms with Crippen molar-refractivity contribution in [1.29, 1.82) is 0 Å². The van der Waals surface area contributed by atoms with Gasteiger partial charge in [0.2, 0.25) is 11.8 Å². The molecule has 3 N–H and O–H groups in total. The van der Waals surface area contributed by atoms with Crippen LogP contribution < -0.4 is 5.73 Å². The molecule has 12 heteroatoms. The van der Waals surface area contributed by atoms with E-state index < -0.39 is 34.4 Å². The molecule has 0 aromatic carbocycles. The monoisotopic (exact) mass is 333 g/mol. The Morgan fingerprint density at radius 2 is 2.23 bits per heavy atom. The zero-order valence-electron chi connectivity index (χ0n) is 11.6. The van der Waals surface area contributed by atoms with Gasteiger partial charge in [0.15, 0.2) is 0 Å². The highest BCUT2D eigenvalue weighted by Gasteiger charge is 2.50. The number of piperidine rings is 1. The lowest BCUT2D eigenvalue weighted by molar-refractivity contribution is -0.0393. The van der Waals surface area contributed by atoms with Gasteiger partial charge in [-0.15, -0.1) is 14.5 Å². The number of hydrogen-bond donors (Lipinski definition) is 2. The molecule has 0 aliphatic carbocycles. The Labute approximate surface area is 125 Å². The zero-order chi connectivity index (χ0) is 16.1. The summed E-state index contributed by atoms with van der Waals surface area (Å²) in [6.07, 6.45) is 0.502. The number of hydroxylamine groups is 2. The lowest BCUT2D eigenvalue weighted by Crippen LogP contribution is -2.39. The Morgan fingerprint density at radius 1 is 1.50 bits per heavy atom. The van der Waals surface area contributed by atoms with Crippen molar-refractivity contribution < 1.29 is 26.5 Å². The smallest absolute Gasteiger partial charge is 0.418 e. The first-order valence-electron chi connectivity index (χ1n) is 6.60. The topological polar surface area (TPSA) is 152 Å². The van der Waals surface area contributed by atoms with Gasteiger partial charge in [-0.2, -0.15) is 13.5 Å². The van der Waals surface area contributed by atoms with Gasteiger partial charge in [-0.3, -0.25) is 4.55 Å². The second-order valence-corrected chi connectivity index (χ2v) is 6.29. The summed E-state index contributed by atoms with van der Waals surface area (Å²) in [7, 11) is -4.80. The first-order chi connectivity index (χ1) is 10.3. The van der Waals surface area contributed by atoms with E-state index in [1.165, 1.54) is 4.90 Å². The van der Waals surface area contributed by atoms with Crippen LogP contribution in [0.4, 0.5) is 4.79 Å². The zero-order valence-corrected chi connectivity index (χ0v) is 12.4. The predicted octanol–water partition coefficient (Wildman–Crippen LogP) is -0.583. The van der Waals surface area contributed by atoms with Gasteiger partial charge >= 0.3 is 16.4 Å². The van der Waals surface area contributed by atoms with E-state index in [9.17, 15) is 13.2 Å². The number of urea groups is 1. The maximum Gasteiger partial charge on any atom is 0.418 e. The molecule has 0 unspecified atom stereocenters. The fourth-order valence-electron chi connectivity index (χ4n) is 2.68. The fourth-order valence-corrected chi connectivity index (χ4v) is 3.06. The number of rotatable bonds is 4. The van der Waals surface area contributed by atoms with E-state index >= 15 is 0 Å². The van der Waals surface area contributed by atoms with Crippen molar-refractivity contribution in [3.63, 3.8) is 0 Å². The molecule has 0 spiro atoms. The highest BCUT2D eigenvalue weighted by molar-refractivity contribution is 7.80. The Hall–Kier alpha value is -1.76. The van der Waals surface area contributed by atoms with Crippen molar-refractivity contribution in [2.24, 2.45) is 5.73 Å². The van der Waals surface area contributed by atoms with Crippen LogP contribution in [0.1, 0.15) is 37.1 Å². The van der Waals surface area contributed by atoms with Gasteiger partial charge in [-0.25, -0.2) is 4.79 Å². The maximum atomic E-state index is 12.0. The highest BCUT2D eigenvalue weighted by Crippen LogP contribution is 2.37. The third-order valence-corrected chi connectivity index (χ3v) is 4.03. The molecule has 2 amide bonds. The Balaban J connectivity index is 1.88. The maximum absolute atomic E-state index is 12.0. The molecular formula is C10H15N5O6S. The number of nitrogens with zero attached hydrogens (tertiary/aromatic N) is 4. The lowest BCUT2D eigenvalue weighted by atomic mass is 9.93. The quantitative estimate of drug-likeness (QED) is 0.689. The summed E-state index contributed by atoms with van der Waals surface area (Å²) in [5.41, 5.74) is 5.66. The summed E-state index contributed by atoms with van der Waals surface area (Å²) in [4.78, 5) is 13.4. The van der Waals surface area contributed by atoms with Gasteiger partial charge in [0.05, 0.1) is 18.0 Å². The fraction of sp³-hybridized carbons (Fsp3) is 0.700. The van der Waals surface area contributed by atoms with Gasteiger partial charge in [0.25, 0.3) is 0 Å². The van der Waals surface area contributed by atoms with Crippen LogP contribution in [0.5, 0.6) is 0 Å². The van der Waals surface area contributed by atoms with E-state index in [1.807, 2.05) is 0 Å². The minimum atomic E-state index is -4.80. The molecule has 122 valence electrons. The predicted molar refractivity (Wildman–Crippen MR) is 69.5 cm³/mol. The second-order valence-electron chi connectivity index (χ2n) is 5.29. The first-order valence-corrected chi connectivity index (χ1v) is 7.97. The molecule has 1 aromatic rings. The number of carbonyl (C=O) groups is 1. The molecule has 22 heavy (non-hydrogen) atoms. The number of aromatic nitrogens is 2. The van der Waals surface area contributed by atoms with Gasteiger partial charge < -0.3 is 15.1 Å². The second kappa shape index (κ2) is 5.15. The molecule has 2 saturated heterocycles. The number of nitrogens with two attached hydrogens (primary N) is 1. The molecule has 0 radical (unpaired) electrons. The van der Waals surface area contributed by atoms with E-state index in [2.05, 4.69) is 14.5 Å². The SMILES string of the molecule is C[C@H](N)c1nnc([C@@H]2CCN3C[C@@H]2N(OS(=O)(=O)O)C3=O)o1. The lowest BCUT2D eigenvalue weighted by Gasteiger charge is -2.27. The largest absolute Gasteiger partial charge is 0.423 e. The number of hydrogen-bond acceptors (Lipinski definition) is 8. The van der Waals surface area contributed by atoms with Crippen LogP contribution in [0.15, 0.2) is 4.42 Å². The van der Waals surface area contributed by atoms with Gasteiger partial charge in [-0.1, -0.05) is 0 Å². The molecular weight excluding hydrogens is 318 g/mol. The van der Waals surface area contributed by atoms with Crippen molar-refractivity contribution in [3.05, 3.63) is 11.8 Å². The minimum Gasteiger partial charge on any atom is -0.423 e. The van der Waals surface area contributed by atoms with Crippen LogP contribution in [0.3, 0.4) is 0 Å². The van der Waals surface area contributed by atoms with Crippen LogP contribution >= 0.6 is 0 Å². The van der Waals surface area contributed by atoms with E-state index in [0.29, 0.717) is 18.0 Å². The first kappa shape index (κ1) is 15.1. The molecule has 3 heterocycles. The molecule has 1 aromatic heterocycles. The number of fused-ring (bicyclic) bond motifs is 2. The van der Waals surface area contributed by atoms with Gasteiger partial charge in [0.1, 0.15) is 0 Å². The van der Waals surface area contributed by atoms with Crippen LogP contribution in [-0.2, 0) is 14.7 Å². The summed E-state index contributed by atoms with van der Waals surface area (Å²) in [5.74, 6) is 0.115. The van der Waals surface area contributed by atoms with Gasteiger partial charge in [0, 0.05) is 13.1 Å². The average molecular weight is 333 g/mol. The van der Waals surface area contributed by atoms with Crippen LogP contribution in [-0.4, -0.2) is 58.3 Å². The summed E-state index contributed by atoms with van der Waals surface area (Å²) >= 11 is 0. The van der Waals surface area contributed by atoms with Crippen molar-refractivity contribution in [3.8, 4) is 0 Å². The van der Waals surface area contributed by atoms with Crippen molar-refractivity contribution >= 4 is 16.4 Å². The molecule has 3 atom stereocenters. The van der Waals surface area contributed by atoms with E-state index in [4.69, 9.17) is 14.7 Å². The van der Waals surface area contributed by atoms with Crippen molar-refractivity contribution in [2.75, 3.05) is 13.1 Å². The van der Waals surface area contributed by atoms with E-state index in [0.717, 1.165) is 0 Å². The van der Waals surface area contributed by atoms with Crippen LogP contribution in [0.2, 0.25) is 0 Å². The van der Waals surface area contributed by atoms with Gasteiger partial charge in [-0.05, 0) is 13.3 Å². The Bertz CT molecular complexity index is 688. The molecule has 11 nitrogen and oxygen atoms in total. The number of carbonyl (C=O) groups excluding carboxylic acids is 1. The van der Waals surface area contributed by atoms with Crippen LogP contribution in [0.25, 0.3) is 0 Å². The molecule has 0 saturated carbocycles. The summed E-state index contributed by atoms with van der Waals surface area (Å²) in [5, 5.41) is 8.38. The Kier molecular flexibility index (Phi) is 3.55. The minimum absolute atomic E-state index is 0.245. The molecule has 2 aliphatic rings. The van der Waals surface area contributed by atoms with E-state index in [-0.39, 0.29) is 18.3 Å². The standard InChI is InChI=1S/C10H15N5O6S/c1-5(11)8-12-13-9(20-8)6-2-3-14-4-7(6)15(10(14)16)21-22(17,18)19/h5-7H,2-4,11H2,1H3,(H,17,18,19)/t5-,6+,7-/m0/s1. The normalized spacial score (nSPS) is 26.6. The molecule has 3 rings (SSSR count). The van der Waals surface area contributed by atoms with Crippen molar-refractivity contribution in [1.82, 2.24) is 20.2 Å². The molecule has 2 bridgehead atoms. The third kappa shape index (κ3) is 2.65. The van der Waals surface area contributed by atoms with Crippen LogP contribution in [0, 0.1) is 0 Å².